The first-order valence-corrected chi connectivity index (χ1v) is 9.63. The zero-order valence-corrected chi connectivity index (χ0v) is 16.7. The van der Waals surface area contributed by atoms with Gasteiger partial charge in [-0.15, -0.1) is 0 Å². The molecule has 1 aliphatic heterocycles. The Hall–Kier alpha value is -3.81. The molecule has 3 aromatic rings. The molecule has 8 nitrogen and oxygen atoms in total. The molecule has 0 bridgehead atoms. The summed E-state index contributed by atoms with van der Waals surface area (Å²) in [5.41, 5.74) is 2.71. The summed E-state index contributed by atoms with van der Waals surface area (Å²) in [6, 6.07) is 14.2. The Labute approximate surface area is 173 Å². The van der Waals surface area contributed by atoms with Crippen molar-refractivity contribution in [1.29, 1.82) is 0 Å². The van der Waals surface area contributed by atoms with E-state index in [1.807, 2.05) is 31.2 Å². The van der Waals surface area contributed by atoms with Crippen LogP contribution in [0.2, 0.25) is 0 Å². The first kappa shape index (κ1) is 19.5. The smallest absolute Gasteiger partial charge is 0.254 e. The third-order valence-corrected chi connectivity index (χ3v) is 5.36. The number of benzene rings is 2. The van der Waals surface area contributed by atoms with Crippen LogP contribution in [0.4, 0.5) is 5.69 Å². The summed E-state index contributed by atoms with van der Waals surface area (Å²) in [6.45, 7) is 1.94. The van der Waals surface area contributed by atoms with E-state index < -0.39 is 0 Å². The van der Waals surface area contributed by atoms with Crippen LogP contribution < -0.4 is 4.90 Å². The highest BCUT2D eigenvalue weighted by Crippen LogP contribution is 2.26. The second kappa shape index (κ2) is 7.90. The minimum absolute atomic E-state index is 0.180. The highest BCUT2D eigenvalue weighted by atomic mass is 16.2. The highest BCUT2D eigenvalue weighted by molar-refractivity contribution is 6.20. The molecule has 1 atom stereocenters. The molecule has 1 fully saturated rings. The van der Waals surface area contributed by atoms with Crippen molar-refractivity contribution < 1.29 is 14.4 Å². The number of hydrogen-bond acceptors (Lipinski definition) is 5. The second-order valence-corrected chi connectivity index (χ2v) is 7.20. The molecule has 4 rings (SSSR count). The normalized spacial score (nSPS) is 14.8. The largest absolute Gasteiger partial charge is 0.335 e. The van der Waals surface area contributed by atoms with Gasteiger partial charge in [-0.2, -0.15) is 5.10 Å². The maximum Gasteiger partial charge on any atom is 0.254 e. The molecule has 2 aromatic carbocycles. The predicted molar refractivity (Wildman–Crippen MR) is 110 cm³/mol. The van der Waals surface area contributed by atoms with Crippen LogP contribution in [0, 0.1) is 0 Å². The van der Waals surface area contributed by atoms with Gasteiger partial charge in [0.2, 0.25) is 11.8 Å². The average Bonchev–Trinajstić information content (AvgIpc) is 3.42. The van der Waals surface area contributed by atoms with Crippen molar-refractivity contribution in [1.82, 2.24) is 19.7 Å². The van der Waals surface area contributed by atoms with E-state index in [-0.39, 0.29) is 36.6 Å². The Balaban J connectivity index is 1.52. The average molecular weight is 403 g/mol. The predicted octanol–water partition coefficient (Wildman–Crippen LogP) is 2.75. The van der Waals surface area contributed by atoms with Crippen molar-refractivity contribution >= 4 is 23.4 Å². The van der Waals surface area contributed by atoms with E-state index in [1.54, 1.807) is 47.2 Å². The fourth-order valence-electron chi connectivity index (χ4n) is 3.49. The number of carbonyl (C=O) groups excluding carboxylic acids is 3. The number of aromatic nitrogens is 3. The van der Waals surface area contributed by atoms with Gasteiger partial charge in [0.15, 0.2) is 0 Å². The van der Waals surface area contributed by atoms with Crippen molar-refractivity contribution in [2.75, 3.05) is 11.9 Å². The molecular formula is C22H21N5O3. The SMILES string of the molecule is CC(c1ccc(-n2cncn2)cc1)N(C)C(=O)c1cccc(N2C(=O)CCC2=O)c1. The lowest BCUT2D eigenvalue weighted by Gasteiger charge is -2.26. The number of amides is 3. The molecule has 3 amide bonds. The highest BCUT2D eigenvalue weighted by Gasteiger charge is 2.31. The first-order chi connectivity index (χ1) is 14.5. The molecule has 1 aliphatic rings. The third-order valence-electron chi connectivity index (χ3n) is 5.36. The molecular weight excluding hydrogens is 382 g/mol. The van der Waals surface area contributed by atoms with E-state index in [0.717, 1.165) is 16.2 Å². The summed E-state index contributed by atoms with van der Waals surface area (Å²) in [5, 5.41) is 4.10. The van der Waals surface area contributed by atoms with Crippen molar-refractivity contribution in [2.24, 2.45) is 0 Å². The lowest BCUT2D eigenvalue weighted by molar-refractivity contribution is -0.121. The first-order valence-electron chi connectivity index (χ1n) is 9.63. The summed E-state index contributed by atoms with van der Waals surface area (Å²) in [4.78, 5) is 43.8. The zero-order chi connectivity index (χ0) is 21.3. The summed E-state index contributed by atoms with van der Waals surface area (Å²) in [6.07, 6.45) is 3.51. The van der Waals surface area contributed by atoms with Crippen LogP contribution in [0.5, 0.6) is 0 Å². The van der Waals surface area contributed by atoms with Gasteiger partial charge in [-0.05, 0) is 42.8 Å². The number of nitrogens with zero attached hydrogens (tertiary/aromatic N) is 5. The minimum Gasteiger partial charge on any atom is -0.335 e. The zero-order valence-electron chi connectivity index (χ0n) is 16.7. The van der Waals surface area contributed by atoms with Crippen molar-refractivity contribution in [2.45, 2.75) is 25.8 Å². The van der Waals surface area contributed by atoms with Crippen LogP contribution in [0.25, 0.3) is 5.69 Å². The fraction of sp³-hybridized carbons (Fsp3) is 0.227. The Morgan fingerprint density at radius 1 is 1.03 bits per heavy atom. The van der Waals surface area contributed by atoms with Crippen LogP contribution in [0.3, 0.4) is 0 Å². The summed E-state index contributed by atoms with van der Waals surface area (Å²) in [7, 11) is 1.73. The van der Waals surface area contributed by atoms with Gasteiger partial charge in [0.1, 0.15) is 12.7 Å². The molecule has 0 radical (unpaired) electrons. The van der Waals surface area contributed by atoms with Gasteiger partial charge in [-0.1, -0.05) is 18.2 Å². The summed E-state index contributed by atoms with van der Waals surface area (Å²) < 4.78 is 1.66. The summed E-state index contributed by atoms with van der Waals surface area (Å²) >= 11 is 0. The minimum atomic E-state index is -0.237. The molecule has 30 heavy (non-hydrogen) atoms. The monoisotopic (exact) mass is 403 g/mol. The van der Waals surface area contributed by atoms with Gasteiger partial charge in [0.05, 0.1) is 17.4 Å². The topological polar surface area (TPSA) is 88.4 Å². The molecule has 0 spiro atoms. The van der Waals surface area contributed by atoms with Crippen molar-refractivity contribution in [3.05, 3.63) is 72.3 Å². The quantitative estimate of drug-likeness (QED) is 0.611. The van der Waals surface area contributed by atoms with Crippen molar-refractivity contribution in [3.8, 4) is 5.69 Å². The van der Waals surface area contributed by atoms with E-state index >= 15 is 0 Å². The van der Waals surface area contributed by atoms with Gasteiger partial charge < -0.3 is 4.90 Å². The van der Waals surface area contributed by atoms with Gasteiger partial charge in [-0.3, -0.25) is 19.3 Å². The van der Waals surface area contributed by atoms with Gasteiger partial charge in [-0.25, -0.2) is 9.67 Å². The van der Waals surface area contributed by atoms with Crippen LogP contribution in [0.1, 0.15) is 41.7 Å². The van der Waals surface area contributed by atoms with E-state index in [4.69, 9.17) is 0 Å². The standard InChI is InChI=1S/C22H21N5O3/c1-15(16-6-8-18(9-7-16)26-14-23-13-24-26)25(2)22(30)17-4-3-5-19(12-17)27-20(28)10-11-21(27)29/h3-9,12-15H,10-11H2,1-2H3. The molecule has 0 aliphatic carbocycles. The molecule has 0 saturated carbocycles. The maximum absolute atomic E-state index is 13.1. The number of carbonyl (C=O) groups is 3. The van der Waals surface area contributed by atoms with E-state index in [1.165, 1.54) is 6.33 Å². The number of imide groups is 1. The molecule has 1 saturated heterocycles. The van der Waals surface area contributed by atoms with Gasteiger partial charge >= 0.3 is 0 Å². The molecule has 152 valence electrons. The molecule has 0 N–H and O–H groups in total. The van der Waals surface area contributed by atoms with E-state index in [2.05, 4.69) is 10.1 Å². The Kier molecular flexibility index (Phi) is 5.14. The Bertz CT molecular complexity index is 1080. The number of anilines is 1. The summed E-state index contributed by atoms with van der Waals surface area (Å²) in [5.74, 6) is -0.665. The number of hydrogen-bond donors (Lipinski definition) is 0. The van der Waals surface area contributed by atoms with Crippen LogP contribution >= 0.6 is 0 Å². The molecule has 1 aromatic heterocycles. The van der Waals surface area contributed by atoms with E-state index in [0.29, 0.717) is 11.3 Å². The van der Waals surface area contributed by atoms with Gasteiger partial charge in [0.25, 0.3) is 5.91 Å². The number of rotatable bonds is 5. The second-order valence-electron chi connectivity index (χ2n) is 7.20. The molecule has 8 heteroatoms. The van der Waals surface area contributed by atoms with E-state index in [9.17, 15) is 14.4 Å². The lowest BCUT2D eigenvalue weighted by Crippen LogP contribution is -2.31. The molecule has 1 unspecified atom stereocenters. The third kappa shape index (κ3) is 3.59. The Morgan fingerprint density at radius 3 is 2.37 bits per heavy atom. The molecule has 2 heterocycles. The van der Waals surface area contributed by atoms with Crippen LogP contribution in [0.15, 0.2) is 61.2 Å². The maximum atomic E-state index is 13.1. The Morgan fingerprint density at radius 2 is 1.73 bits per heavy atom. The van der Waals surface area contributed by atoms with Crippen molar-refractivity contribution in [3.63, 3.8) is 0 Å². The van der Waals surface area contributed by atoms with Gasteiger partial charge in [0, 0.05) is 25.5 Å². The van der Waals surface area contributed by atoms with Crippen LogP contribution in [-0.2, 0) is 9.59 Å². The lowest BCUT2D eigenvalue weighted by atomic mass is 10.1. The van der Waals surface area contributed by atoms with Crippen LogP contribution in [-0.4, -0.2) is 44.4 Å². The fourth-order valence-corrected chi connectivity index (χ4v) is 3.49.